The van der Waals surface area contributed by atoms with Crippen LogP contribution in [0.4, 0.5) is 5.69 Å². The number of nitrogen functional groups attached to an aromatic ring is 1. The van der Waals surface area contributed by atoms with Gasteiger partial charge >= 0.3 is 0 Å². The van der Waals surface area contributed by atoms with E-state index in [4.69, 9.17) is 10.3 Å². The molecule has 88 valence electrons. The van der Waals surface area contributed by atoms with Crippen LogP contribution in [0.3, 0.4) is 0 Å². The number of fused-ring (bicyclic) bond motifs is 1. The van der Waals surface area contributed by atoms with Gasteiger partial charge in [0.1, 0.15) is 12.0 Å². The standard InChI is InChI=1S/C14H16N2O/c1-9-4-3-5-11-10(9)6-7-14(11,2)13-12(15)8-17-16-13/h3-5,8H,6-7,15H2,1-2H3. The van der Waals surface area contributed by atoms with Gasteiger partial charge in [-0.1, -0.05) is 23.4 Å². The molecule has 0 amide bonds. The molecule has 2 aromatic rings. The number of aromatic nitrogens is 1. The molecule has 1 aromatic carbocycles. The van der Waals surface area contributed by atoms with Gasteiger partial charge in [-0.25, -0.2) is 0 Å². The van der Waals surface area contributed by atoms with Crippen LogP contribution in [0, 0.1) is 6.92 Å². The summed E-state index contributed by atoms with van der Waals surface area (Å²) in [5, 5.41) is 4.10. The van der Waals surface area contributed by atoms with Gasteiger partial charge in [0.15, 0.2) is 0 Å². The van der Waals surface area contributed by atoms with E-state index in [2.05, 4.69) is 37.2 Å². The molecule has 1 unspecified atom stereocenters. The fourth-order valence-electron chi connectivity index (χ4n) is 2.97. The van der Waals surface area contributed by atoms with Crippen LogP contribution >= 0.6 is 0 Å². The van der Waals surface area contributed by atoms with Gasteiger partial charge in [0, 0.05) is 5.41 Å². The van der Waals surface area contributed by atoms with Gasteiger partial charge in [-0.05, 0) is 43.4 Å². The molecule has 3 heteroatoms. The molecule has 1 aromatic heterocycles. The number of benzene rings is 1. The Kier molecular flexibility index (Phi) is 2.05. The van der Waals surface area contributed by atoms with E-state index >= 15 is 0 Å². The Bertz CT molecular complexity index is 573. The summed E-state index contributed by atoms with van der Waals surface area (Å²) in [6, 6.07) is 6.45. The van der Waals surface area contributed by atoms with Crippen molar-refractivity contribution >= 4 is 5.69 Å². The Hall–Kier alpha value is -1.77. The van der Waals surface area contributed by atoms with Crippen LogP contribution < -0.4 is 5.73 Å². The first-order chi connectivity index (χ1) is 8.13. The molecule has 0 bridgehead atoms. The molecule has 0 saturated heterocycles. The summed E-state index contributed by atoms with van der Waals surface area (Å²) in [5.41, 5.74) is 11.5. The zero-order chi connectivity index (χ0) is 12.0. The van der Waals surface area contributed by atoms with Crippen LogP contribution in [0.5, 0.6) is 0 Å². The van der Waals surface area contributed by atoms with E-state index < -0.39 is 0 Å². The Morgan fingerprint density at radius 2 is 2.24 bits per heavy atom. The van der Waals surface area contributed by atoms with Crippen molar-refractivity contribution in [3.8, 4) is 0 Å². The van der Waals surface area contributed by atoms with Crippen molar-refractivity contribution < 1.29 is 4.52 Å². The quantitative estimate of drug-likeness (QED) is 0.816. The van der Waals surface area contributed by atoms with Crippen molar-refractivity contribution in [3.05, 3.63) is 46.8 Å². The van der Waals surface area contributed by atoms with Crippen LogP contribution in [-0.2, 0) is 11.8 Å². The molecule has 1 atom stereocenters. The molecule has 0 radical (unpaired) electrons. The maximum atomic E-state index is 5.94. The molecule has 1 aliphatic carbocycles. The van der Waals surface area contributed by atoms with Gasteiger partial charge < -0.3 is 10.3 Å². The van der Waals surface area contributed by atoms with Crippen LogP contribution in [0.25, 0.3) is 0 Å². The number of hydrogen-bond donors (Lipinski definition) is 1. The van der Waals surface area contributed by atoms with Crippen molar-refractivity contribution in [3.63, 3.8) is 0 Å². The minimum Gasteiger partial charge on any atom is -0.395 e. The van der Waals surface area contributed by atoms with E-state index in [9.17, 15) is 0 Å². The van der Waals surface area contributed by atoms with Gasteiger partial charge in [-0.3, -0.25) is 0 Å². The van der Waals surface area contributed by atoms with Gasteiger partial charge in [0.2, 0.25) is 0 Å². The van der Waals surface area contributed by atoms with Crippen molar-refractivity contribution in [2.45, 2.75) is 32.1 Å². The van der Waals surface area contributed by atoms with Crippen molar-refractivity contribution in [1.29, 1.82) is 0 Å². The fraction of sp³-hybridized carbons (Fsp3) is 0.357. The Labute approximate surface area is 101 Å². The largest absolute Gasteiger partial charge is 0.395 e. The summed E-state index contributed by atoms with van der Waals surface area (Å²) in [5.74, 6) is 0. The van der Waals surface area contributed by atoms with Crippen molar-refractivity contribution in [2.24, 2.45) is 0 Å². The second-order valence-corrected chi connectivity index (χ2v) is 5.05. The van der Waals surface area contributed by atoms with E-state index in [-0.39, 0.29) is 5.41 Å². The molecule has 1 aliphatic rings. The lowest BCUT2D eigenvalue weighted by Crippen LogP contribution is -2.21. The highest BCUT2D eigenvalue weighted by Gasteiger charge is 2.40. The molecule has 0 saturated carbocycles. The lowest BCUT2D eigenvalue weighted by molar-refractivity contribution is 0.392. The summed E-state index contributed by atoms with van der Waals surface area (Å²) in [7, 11) is 0. The van der Waals surface area contributed by atoms with Crippen molar-refractivity contribution in [1.82, 2.24) is 5.16 Å². The highest BCUT2D eigenvalue weighted by atomic mass is 16.5. The first kappa shape index (κ1) is 10.4. The summed E-state index contributed by atoms with van der Waals surface area (Å²) >= 11 is 0. The topological polar surface area (TPSA) is 52.0 Å². The minimum absolute atomic E-state index is 0.0988. The number of nitrogens with zero attached hydrogens (tertiary/aromatic N) is 1. The molecule has 1 heterocycles. The zero-order valence-corrected chi connectivity index (χ0v) is 10.2. The SMILES string of the molecule is Cc1cccc2c1CCC2(C)c1nocc1N. The van der Waals surface area contributed by atoms with E-state index in [0.717, 1.165) is 18.5 Å². The third-order valence-corrected chi connectivity index (χ3v) is 4.00. The van der Waals surface area contributed by atoms with E-state index in [1.165, 1.54) is 23.0 Å². The van der Waals surface area contributed by atoms with Crippen LogP contribution in [0.15, 0.2) is 29.0 Å². The average Bonchev–Trinajstić information content (AvgIpc) is 2.86. The first-order valence-electron chi connectivity index (χ1n) is 5.92. The third kappa shape index (κ3) is 1.32. The summed E-state index contributed by atoms with van der Waals surface area (Å²) < 4.78 is 4.99. The second kappa shape index (κ2) is 3.36. The molecule has 0 fully saturated rings. The number of aryl methyl sites for hydroxylation is 1. The highest BCUT2D eigenvalue weighted by molar-refractivity contribution is 5.54. The van der Waals surface area contributed by atoms with E-state index in [0.29, 0.717) is 5.69 Å². The van der Waals surface area contributed by atoms with Gasteiger partial charge in [0.25, 0.3) is 0 Å². The molecule has 0 aliphatic heterocycles. The average molecular weight is 228 g/mol. The zero-order valence-electron chi connectivity index (χ0n) is 10.2. The minimum atomic E-state index is -0.0988. The first-order valence-corrected chi connectivity index (χ1v) is 5.92. The summed E-state index contributed by atoms with van der Waals surface area (Å²) in [4.78, 5) is 0. The second-order valence-electron chi connectivity index (χ2n) is 5.05. The van der Waals surface area contributed by atoms with Crippen molar-refractivity contribution in [2.75, 3.05) is 5.73 Å². The predicted molar refractivity (Wildman–Crippen MR) is 66.9 cm³/mol. The highest BCUT2D eigenvalue weighted by Crippen LogP contribution is 2.45. The molecule has 17 heavy (non-hydrogen) atoms. The van der Waals surface area contributed by atoms with E-state index in [1.54, 1.807) is 0 Å². The number of nitrogens with two attached hydrogens (primary N) is 1. The monoisotopic (exact) mass is 228 g/mol. The summed E-state index contributed by atoms with van der Waals surface area (Å²) in [6.45, 7) is 4.36. The number of anilines is 1. The molecule has 2 N–H and O–H groups in total. The van der Waals surface area contributed by atoms with Gasteiger partial charge in [-0.15, -0.1) is 0 Å². The molecular formula is C14H16N2O. The molecule has 3 rings (SSSR count). The van der Waals surface area contributed by atoms with E-state index in [1.807, 2.05) is 0 Å². The molecule has 3 nitrogen and oxygen atoms in total. The normalized spacial score (nSPS) is 22.7. The molecule has 0 spiro atoms. The van der Waals surface area contributed by atoms with Crippen LogP contribution in [0.1, 0.15) is 35.7 Å². The fourth-order valence-corrected chi connectivity index (χ4v) is 2.97. The Balaban J connectivity index is 2.21. The Morgan fingerprint density at radius 3 is 2.94 bits per heavy atom. The maximum Gasteiger partial charge on any atom is 0.147 e. The lowest BCUT2D eigenvalue weighted by atomic mass is 9.80. The number of hydrogen-bond acceptors (Lipinski definition) is 3. The van der Waals surface area contributed by atoms with Gasteiger partial charge in [0.05, 0.1) is 5.69 Å². The maximum absolute atomic E-state index is 5.94. The number of rotatable bonds is 1. The third-order valence-electron chi connectivity index (χ3n) is 4.00. The van der Waals surface area contributed by atoms with Crippen LogP contribution in [-0.4, -0.2) is 5.16 Å². The smallest absolute Gasteiger partial charge is 0.147 e. The Morgan fingerprint density at radius 1 is 1.41 bits per heavy atom. The lowest BCUT2D eigenvalue weighted by Gasteiger charge is -2.23. The van der Waals surface area contributed by atoms with Gasteiger partial charge in [-0.2, -0.15) is 0 Å². The summed E-state index contributed by atoms with van der Waals surface area (Å²) in [6.07, 6.45) is 3.66. The molecular weight excluding hydrogens is 212 g/mol. The predicted octanol–water partition coefficient (Wildman–Crippen LogP) is 2.82. The van der Waals surface area contributed by atoms with Crippen LogP contribution in [0.2, 0.25) is 0 Å².